The minimum atomic E-state index is -0.434. The number of nitrogens with two attached hydrogens (primary N) is 1. The minimum absolute atomic E-state index is 0.0275. The fourth-order valence-corrected chi connectivity index (χ4v) is 3.40. The third kappa shape index (κ3) is 2.47. The molecule has 0 aromatic heterocycles. The summed E-state index contributed by atoms with van der Waals surface area (Å²) in [7, 11) is 2.97. The van der Waals surface area contributed by atoms with Crippen LogP contribution in [0.5, 0.6) is 11.5 Å². The van der Waals surface area contributed by atoms with Gasteiger partial charge in [-0.05, 0) is 18.9 Å². The first-order valence-corrected chi connectivity index (χ1v) is 7.28. The van der Waals surface area contributed by atoms with E-state index >= 15 is 0 Å². The van der Waals surface area contributed by atoms with Gasteiger partial charge in [0.2, 0.25) is 0 Å². The summed E-state index contributed by atoms with van der Waals surface area (Å²) in [6.07, 6.45) is 5.05. The van der Waals surface area contributed by atoms with Crippen molar-refractivity contribution in [3.05, 3.63) is 22.5 Å². The van der Waals surface area contributed by atoms with Crippen LogP contribution in [0.3, 0.4) is 0 Å². The maximum atomic E-state index is 14.7. The molecule has 0 aliphatic heterocycles. The van der Waals surface area contributed by atoms with Crippen LogP contribution in [0.1, 0.15) is 37.7 Å². The molecule has 0 atom stereocenters. The van der Waals surface area contributed by atoms with E-state index in [-0.39, 0.29) is 16.2 Å². The lowest BCUT2D eigenvalue weighted by molar-refractivity contribution is 0.287. The Labute approximate surface area is 124 Å². The summed E-state index contributed by atoms with van der Waals surface area (Å²) in [5.41, 5.74) is 6.19. The molecule has 20 heavy (non-hydrogen) atoms. The maximum absolute atomic E-state index is 14.7. The molecule has 0 unspecified atom stereocenters. The summed E-state index contributed by atoms with van der Waals surface area (Å²) in [6, 6.07) is 1.69. The van der Waals surface area contributed by atoms with Crippen molar-refractivity contribution < 1.29 is 13.9 Å². The zero-order valence-corrected chi connectivity index (χ0v) is 12.7. The van der Waals surface area contributed by atoms with E-state index in [9.17, 15) is 4.39 Å². The molecule has 0 spiro atoms. The highest BCUT2D eigenvalue weighted by Crippen LogP contribution is 2.46. The van der Waals surface area contributed by atoms with Gasteiger partial charge in [0, 0.05) is 17.5 Å². The number of ether oxygens (including phenoxy) is 2. The molecule has 0 heterocycles. The summed E-state index contributed by atoms with van der Waals surface area (Å²) < 4.78 is 25.1. The van der Waals surface area contributed by atoms with Crippen molar-refractivity contribution in [1.82, 2.24) is 0 Å². The van der Waals surface area contributed by atoms with Crippen molar-refractivity contribution in [2.75, 3.05) is 20.8 Å². The topological polar surface area (TPSA) is 44.5 Å². The van der Waals surface area contributed by atoms with Crippen molar-refractivity contribution in [3.8, 4) is 11.5 Å². The summed E-state index contributed by atoms with van der Waals surface area (Å²) in [6.45, 7) is 0.412. The van der Waals surface area contributed by atoms with Crippen LogP contribution in [0.15, 0.2) is 6.07 Å². The molecule has 0 radical (unpaired) electrons. The third-order valence-electron chi connectivity index (χ3n) is 4.32. The van der Waals surface area contributed by atoms with Crippen molar-refractivity contribution in [3.63, 3.8) is 0 Å². The van der Waals surface area contributed by atoms with Gasteiger partial charge in [-0.1, -0.05) is 30.9 Å². The lowest BCUT2D eigenvalue weighted by Gasteiger charge is -2.37. The second kappa shape index (κ2) is 6.19. The van der Waals surface area contributed by atoms with Crippen LogP contribution < -0.4 is 15.2 Å². The van der Waals surface area contributed by atoms with E-state index in [0.717, 1.165) is 25.7 Å². The van der Waals surface area contributed by atoms with Crippen LogP contribution in [0.4, 0.5) is 4.39 Å². The minimum Gasteiger partial charge on any atom is -0.493 e. The Hall–Kier alpha value is -1.00. The monoisotopic (exact) mass is 301 g/mol. The Morgan fingerprint density at radius 2 is 1.90 bits per heavy atom. The van der Waals surface area contributed by atoms with Gasteiger partial charge in [0.1, 0.15) is 10.8 Å². The van der Waals surface area contributed by atoms with Gasteiger partial charge in [-0.2, -0.15) is 0 Å². The first-order chi connectivity index (χ1) is 9.59. The molecule has 5 heteroatoms. The average Bonchev–Trinajstić information content (AvgIpc) is 2.50. The van der Waals surface area contributed by atoms with Gasteiger partial charge in [0.25, 0.3) is 0 Å². The molecule has 1 aromatic rings. The number of halogens is 2. The van der Waals surface area contributed by atoms with Crippen molar-refractivity contribution >= 4 is 11.6 Å². The Morgan fingerprint density at radius 3 is 2.40 bits per heavy atom. The van der Waals surface area contributed by atoms with Crippen molar-refractivity contribution in [2.45, 2.75) is 37.5 Å². The van der Waals surface area contributed by atoms with Crippen LogP contribution in [0.2, 0.25) is 5.02 Å². The standard InChI is InChI=1S/C15H21ClFNO2/c1-19-11-8-10(13(17)12(16)14(11)20-2)15(9-18)6-4-3-5-7-15/h8H,3-7,9,18H2,1-2H3. The Kier molecular flexibility index (Phi) is 4.76. The highest BCUT2D eigenvalue weighted by Gasteiger charge is 2.37. The van der Waals surface area contributed by atoms with Crippen LogP contribution in [-0.2, 0) is 5.41 Å². The van der Waals surface area contributed by atoms with Crippen LogP contribution >= 0.6 is 11.6 Å². The second-order valence-corrected chi connectivity index (χ2v) is 5.71. The lowest BCUT2D eigenvalue weighted by Crippen LogP contribution is -2.38. The molecule has 2 N–H and O–H groups in total. The van der Waals surface area contributed by atoms with Gasteiger partial charge in [-0.25, -0.2) is 4.39 Å². The fourth-order valence-electron chi connectivity index (χ4n) is 3.13. The molecule has 0 bridgehead atoms. The van der Waals surface area contributed by atoms with Crippen LogP contribution in [0.25, 0.3) is 0 Å². The lowest BCUT2D eigenvalue weighted by atomic mass is 9.69. The molecule has 0 amide bonds. The molecule has 1 aliphatic carbocycles. The zero-order chi connectivity index (χ0) is 14.8. The smallest absolute Gasteiger partial charge is 0.182 e. The summed E-state index contributed by atoms with van der Waals surface area (Å²) in [5.74, 6) is 0.252. The van der Waals surface area contributed by atoms with Crippen molar-refractivity contribution in [2.24, 2.45) is 5.73 Å². The Bertz CT molecular complexity index is 487. The Morgan fingerprint density at radius 1 is 1.25 bits per heavy atom. The van der Waals surface area contributed by atoms with Gasteiger partial charge in [-0.15, -0.1) is 0 Å². The van der Waals surface area contributed by atoms with Gasteiger partial charge in [0.15, 0.2) is 11.5 Å². The average molecular weight is 302 g/mol. The molecular weight excluding hydrogens is 281 g/mol. The van der Waals surface area contributed by atoms with Crippen molar-refractivity contribution in [1.29, 1.82) is 0 Å². The number of methoxy groups -OCH3 is 2. The van der Waals surface area contributed by atoms with E-state index in [2.05, 4.69) is 0 Å². The maximum Gasteiger partial charge on any atom is 0.182 e. The van der Waals surface area contributed by atoms with E-state index in [1.165, 1.54) is 20.6 Å². The molecule has 112 valence electrons. The number of hydrogen-bond donors (Lipinski definition) is 1. The second-order valence-electron chi connectivity index (χ2n) is 5.33. The highest BCUT2D eigenvalue weighted by atomic mass is 35.5. The first kappa shape index (κ1) is 15.4. The van der Waals surface area contributed by atoms with Gasteiger partial charge in [0.05, 0.1) is 14.2 Å². The predicted octanol–water partition coefficient (Wildman–Crippen LogP) is 3.66. The predicted molar refractivity (Wildman–Crippen MR) is 78.3 cm³/mol. The van der Waals surface area contributed by atoms with E-state index in [4.69, 9.17) is 26.8 Å². The number of benzene rings is 1. The normalized spacial score (nSPS) is 17.9. The molecule has 1 saturated carbocycles. The Balaban J connectivity index is 2.58. The fraction of sp³-hybridized carbons (Fsp3) is 0.600. The molecule has 1 aromatic carbocycles. The molecule has 1 aliphatic rings. The molecular formula is C15H21ClFNO2. The molecule has 3 nitrogen and oxygen atoms in total. The van der Waals surface area contributed by atoms with E-state index in [1.54, 1.807) is 6.07 Å². The third-order valence-corrected chi connectivity index (χ3v) is 4.66. The molecule has 0 saturated heterocycles. The van der Waals surface area contributed by atoms with E-state index in [0.29, 0.717) is 17.9 Å². The SMILES string of the molecule is COc1cc(C2(CN)CCCCC2)c(F)c(Cl)c1OC. The first-order valence-electron chi connectivity index (χ1n) is 6.90. The number of rotatable bonds is 4. The summed E-state index contributed by atoms with van der Waals surface area (Å²) >= 11 is 6.10. The zero-order valence-electron chi connectivity index (χ0n) is 12.0. The highest BCUT2D eigenvalue weighted by molar-refractivity contribution is 6.32. The van der Waals surface area contributed by atoms with Crippen LogP contribution in [0, 0.1) is 5.82 Å². The summed E-state index contributed by atoms with van der Waals surface area (Å²) in [4.78, 5) is 0. The van der Waals surface area contributed by atoms with Gasteiger partial charge in [-0.3, -0.25) is 0 Å². The van der Waals surface area contributed by atoms with E-state index < -0.39 is 5.82 Å². The van der Waals surface area contributed by atoms with Gasteiger partial charge < -0.3 is 15.2 Å². The molecule has 2 rings (SSSR count). The largest absolute Gasteiger partial charge is 0.493 e. The summed E-state index contributed by atoms with van der Waals surface area (Å²) in [5, 5.41) is -0.0275. The van der Waals surface area contributed by atoms with Gasteiger partial charge >= 0.3 is 0 Å². The number of hydrogen-bond acceptors (Lipinski definition) is 3. The van der Waals surface area contributed by atoms with E-state index in [1.807, 2.05) is 0 Å². The van der Waals surface area contributed by atoms with Crippen LogP contribution in [-0.4, -0.2) is 20.8 Å². The molecule has 1 fully saturated rings. The quantitative estimate of drug-likeness (QED) is 0.923.